The first kappa shape index (κ1) is 36.6. The van der Waals surface area contributed by atoms with Crippen molar-refractivity contribution in [3.8, 4) is 0 Å². The first-order valence-corrected chi connectivity index (χ1v) is 12.8. The van der Waals surface area contributed by atoms with Gasteiger partial charge in [0.05, 0.1) is 26.4 Å². The summed E-state index contributed by atoms with van der Waals surface area (Å²) in [5, 5.41) is 35.2. The number of benzene rings is 4. The van der Waals surface area contributed by atoms with Gasteiger partial charge >= 0.3 is 0 Å². The van der Waals surface area contributed by atoms with Gasteiger partial charge in [-0.05, 0) is 22.3 Å². The summed E-state index contributed by atoms with van der Waals surface area (Å²) in [4.78, 5) is 0. The zero-order valence-corrected chi connectivity index (χ0v) is 26.1. The maximum atomic E-state index is 9.05. The molecule has 0 aliphatic heterocycles. The van der Waals surface area contributed by atoms with Crippen molar-refractivity contribution in [3.05, 3.63) is 144 Å². The van der Waals surface area contributed by atoms with Crippen LogP contribution in [-0.4, -0.2) is 33.6 Å². The molecule has 4 rings (SSSR count). The van der Waals surface area contributed by atoms with Crippen LogP contribution in [0.15, 0.2) is 121 Å². The van der Waals surface area contributed by atoms with E-state index in [2.05, 4.69) is 0 Å². The molecule has 5 heteroatoms. The van der Waals surface area contributed by atoms with Crippen LogP contribution in [0.3, 0.4) is 0 Å². The van der Waals surface area contributed by atoms with Crippen LogP contribution in [0.5, 0.6) is 0 Å². The van der Waals surface area contributed by atoms with Crippen LogP contribution in [-0.2, 0) is 50.2 Å². The maximum absolute atomic E-state index is 9.05. The summed E-state index contributed by atoms with van der Waals surface area (Å²) in [6.45, 7) is 8.78. The Kier molecular flexibility index (Phi) is 19.2. The summed E-state index contributed by atoms with van der Waals surface area (Å²) in [6.07, 6.45) is 0. The average molecular weight is 608 g/mol. The topological polar surface area (TPSA) is 80.9 Å². The van der Waals surface area contributed by atoms with Gasteiger partial charge < -0.3 is 20.4 Å². The van der Waals surface area contributed by atoms with E-state index in [4.69, 9.17) is 20.4 Å². The Bertz CT molecular complexity index is 996. The molecule has 0 unspecified atom stereocenters. The molecule has 4 aromatic rings. The number of rotatable bonds is 6. The van der Waals surface area contributed by atoms with Crippen LogP contribution in [0.4, 0.5) is 0 Å². The second-order valence-electron chi connectivity index (χ2n) is 10.1. The smallest absolute Gasteiger partial charge is 0.0681 e. The minimum atomic E-state index is -0.110. The zero-order chi connectivity index (χ0) is 28.3. The van der Waals surface area contributed by atoms with Crippen molar-refractivity contribution < 1.29 is 46.6 Å². The Morgan fingerprint density at radius 3 is 0.821 bits per heavy atom. The summed E-state index contributed by atoms with van der Waals surface area (Å²) >= 11 is 0. The van der Waals surface area contributed by atoms with E-state index in [1.165, 1.54) is 11.1 Å². The summed E-state index contributed by atoms with van der Waals surface area (Å²) in [5.74, 6) is 0. The molecule has 4 nitrogen and oxygen atoms in total. The van der Waals surface area contributed by atoms with Crippen LogP contribution in [0.2, 0.25) is 0 Å². The molecular weight excluding hydrogens is 564 g/mol. The van der Waals surface area contributed by atoms with Gasteiger partial charge in [-0.2, -0.15) is 0 Å². The van der Waals surface area contributed by atoms with Gasteiger partial charge in [0.25, 0.3) is 0 Å². The molecule has 0 bridgehead atoms. The Hall–Kier alpha value is -2.40. The Morgan fingerprint density at radius 1 is 0.410 bits per heavy atom. The van der Waals surface area contributed by atoms with E-state index in [1.807, 2.05) is 149 Å². The predicted octanol–water partition coefficient (Wildman–Crippen LogP) is 6.27. The molecule has 0 fully saturated rings. The van der Waals surface area contributed by atoms with Crippen molar-refractivity contribution in [3.63, 3.8) is 0 Å². The van der Waals surface area contributed by atoms with E-state index in [-0.39, 0.29) is 63.5 Å². The van der Waals surface area contributed by atoms with E-state index < -0.39 is 0 Å². The van der Waals surface area contributed by atoms with Crippen molar-refractivity contribution in [2.24, 2.45) is 0 Å². The van der Waals surface area contributed by atoms with Gasteiger partial charge in [0.15, 0.2) is 0 Å². The third-order valence-electron chi connectivity index (χ3n) is 5.95. The molecule has 0 heterocycles. The second-order valence-corrected chi connectivity index (χ2v) is 10.1. The molecule has 0 radical (unpaired) electrons. The summed E-state index contributed by atoms with van der Waals surface area (Å²) in [7, 11) is 0. The first-order chi connectivity index (χ1) is 18.2. The number of aliphatic hydroxyl groups is 4. The fourth-order valence-corrected chi connectivity index (χ4v) is 3.13. The van der Waals surface area contributed by atoms with Crippen LogP contribution in [0.25, 0.3) is 0 Å². The van der Waals surface area contributed by atoms with Gasteiger partial charge in [0.1, 0.15) is 0 Å². The maximum Gasteiger partial charge on any atom is 0.0681 e. The molecule has 0 spiro atoms. The summed E-state index contributed by atoms with van der Waals surface area (Å²) in [5.41, 5.74) is 4.08. The average Bonchev–Trinajstić information content (AvgIpc) is 3.00. The van der Waals surface area contributed by atoms with Crippen molar-refractivity contribution >= 4 is 0 Å². The normalized spacial score (nSPS) is 10.3. The van der Waals surface area contributed by atoms with Crippen molar-refractivity contribution in [2.45, 2.75) is 51.7 Å². The summed E-state index contributed by atoms with van der Waals surface area (Å²) in [6, 6.07) is 39.1. The first-order valence-electron chi connectivity index (χ1n) is 12.8. The van der Waals surface area contributed by atoms with E-state index in [1.54, 1.807) is 0 Å². The minimum Gasteiger partial charge on any atom is -0.395 e. The number of hydrogen-bond acceptors (Lipinski definition) is 4. The Labute approximate surface area is 254 Å². The fourth-order valence-electron chi connectivity index (χ4n) is 3.13. The predicted molar refractivity (Wildman–Crippen MR) is 158 cm³/mol. The summed E-state index contributed by atoms with van der Waals surface area (Å²) < 4.78 is 0. The molecule has 4 N–H and O–H groups in total. The molecule has 0 aromatic heterocycles. The molecule has 0 atom stereocenters. The van der Waals surface area contributed by atoms with E-state index in [9.17, 15) is 0 Å². The minimum absolute atomic E-state index is 0. The number of hydrogen-bond donors (Lipinski definition) is 4. The number of aliphatic hydroxyl groups excluding tert-OH is 4. The van der Waals surface area contributed by atoms with Crippen molar-refractivity contribution in [2.75, 3.05) is 13.2 Å². The third-order valence-corrected chi connectivity index (χ3v) is 5.95. The van der Waals surface area contributed by atoms with Gasteiger partial charge in [-0.25, -0.2) is 0 Å². The van der Waals surface area contributed by atoms with Crippen molar-refractivity contribution in [1.82, 2.24) is 0 Å². The molecule has 0 amide bonds. The molecule has 208 valence electrons. The molecule has 39 heavy (non-hydrogen) atoms. The molecule has 0 saturated carbocycles. The SMILES string of the molecule is CC(C)(CO)c1ccccc1.CC(C)(CO)c1ccccc1.OCc1ccccc1.OCc1ccccc1.[Zr]. The fraction of sp³-hybridized carbons (Fsp3) is 0.294. The van der Waals surface area contributed by atoms with Gasteiger partial charge in [-0.15, -0.1) is 0 Å². The molecular formula is C34H44O4Zr. The van der Waals surface area contributed by atoms with Gasteiger partial charge in [-0.3, -0.25) is 0 Å². The standard InChI is InChI=1S/2C10H14O.2C7H8O.Zr/c2*1-10(2,8-11)9-6-4-3-5-7-9;2*8-6-7-4-2-1-3-5-7;/h2*3-7,11H,8H2,1-2H3;2*1-5,8H,6H2;. The van der Waals surface area contributed by atoms with Gasteiger partial charge in [-0.1, -0.05) is 149 Å². The second kappa shape index (κ2) is 20.5. The quantitative estimate of drug-likeness (QED) is 0.208. The van der Waals surface area contributed by atoms with Crippen molar-refractivity contribution in [1.29, 1.82) is 0 Å². The Balaban J connectivity index is 0.000000495. The monoisotopic (exact) mass is 606 g/mol. The molecule has 0 aliphatic rings. The van der Waals surface area contributed by atoms with Gasteiger partial charge in [0, 0.05) is 37.0 Å². The van der Waals surface area contributed by atoms with E-state index >= 15 is 0 Å². The third kappa shape index (κ3) is 15.1. The molecule has 0 aliphatic carbocycles. The van der Waals surface area contributed by atoms with Crippen LogP contribution in [0.1, 0.15) is 49.9 Å². The Morgan fingerprint density at radius 2 is 0.641 bits per heavy atom. The molecule has 0 saturated heterocycles. The zero-order valence-electron chi connectivity index (χ0n) is 23.7. The van der Waals surface area contributed by atoms with E-state index in [0.29, 0.717) is 0 Å². The van der Waals surface area contributed by atoms with Crippen LogP contribution >= 0.6 is 0 Å². The largest absolute Gasteiger partial charge is 0.395 e. The van der Waals surface area contributed by atoms with Gasteiger partial charge in [0.2, 0.25) is 0 Å². The van der Waals surface area contributed by atoms with E-state index in [0.717, 1.165) is 11.1 Å². The van der Waals surface area contributed by atoms with Crippen LogP contribution in [0, 0.1) is 0 Å². The van der Waals surface area contributed by atoms with Crippen LogP contribution < -0.4 is 0 Å². The molecule has 4 aromatic carbocycles.